The zero-order valence-corrected chi connectivity index (χ0v) is 11.0. The molecule has 1 aromatic carbocycles. The first kappa shape index (κ1) is 15.0. The molecule has 1 atom stereocenters. The fraction of sp³-hybridized carbons (Fsp3) is 0.385. The molecule has 0 heterocycles. The van der Waals surface area contributed by atoms with E-state index in [2.05, 4.69) is 0 Å². The van der Waals surface area contributed by atoms with Gasteiger partial charge in [0.1, 0.15) is 5.75 Å². The summed E-state index contributed by atoms with van der Waals surface area (Å²) < 4.78 is 5.09. The number of likely N-dealkylation sites (N-methyl/N-ethyl adjacent to an activating group) is 1. The van der Waals surface area contributed by atoms with E-state index in [1.165, 1.54) is 4.90 Å². The SMILES string of the molecule is COc1cccc(CN(C)C(=O)C(N)CC(=O)O)c1. The summed E-state index contributed by atoms with van der Waals surface area (Å²) >= 11 is 0. The van der Waals surface area contributed by atoms with Crippen LogP contribution in [0.2, 0.25) is 0 Å². The van der Waals surface area contributed by atoms with Gasteiger partial charge in [0.25, 0.3) is 0 Å². The molecule has 0 bridgehead atoms. The van der Waals surface area contributed by atoms with Crippen LogP contribution in [0.1, 0.15) is 12.0 Å². The molecule has 0 aliphatic heterocycles. The van der Waals surface area contributed by atoms with Gasteiger partial charge in [-0.3, -0.25) is 9.59 Å². The quantitative estimate of drug-likeness (QED) is 0.780. The molecule has 1 amide bonds. The molecule has 0 spiro atoms. The van der Waals surface area contributed by atoms with Crippen LogP contribution < -0.4 is 10.5 Å². The fourth-order valence-corrected chi connectivity index (χ4v) is 1.68. The van der Waals surface area contributed by atoms with Crippen LogP contribution in [-0.4, -0.2) is 42.1 Å². The van der Waals surface area contributed by atoms with Crippen molar-refractivity contribution in [1.29, 1.82) is 0 Å². The summed E-state index contributed by atoms with van der Waals surface area (Å²) in [6, 6.07) is 6.28. The molecule has 1 aromatic rings. The van der Waals surface area contributed by atoms with Gasteiger partial charge in [0.15, 0.2) is 0 Å². The predicted molar refractivity (Wildman–Crippen MR) is 69.7 cm³/mol. The third-order valence-electron chi connectivity index (χ3n) is 2.64. The molecule has 0 radical (unpaired) electrons. The molecular weight excluding hydrogens is 248 g/mol. The Labute approximate surface area is 111 Å². The second-order valence-electron chi connectivity index (χ2n) is 4.25. The van der Waals surface area contributed by atoms with Crippen LogP contribution >= 0.6 is 0 Å². The van der Waals surface area contributed by atoms with E-state index in [-0.39, 0.29) is 6.42 Å². The monoisotopic (exact) mass is 266 g/mol. The van der Waals surface area contributed by atoms with Crippen molar-refractivity contribution in [2.24, 2.45) is 5.73 Å². The molecule has 3 N–H and O–H groups in total. The number of benzene rings is 1. The number of hydrogen-bond donors (Lipinski definition) is 2. The van der Waals surface area contributed by atoms with Gasteiger partial charge >= 0.3 is 5.97 Å². The van der Waals surface area contributed by atoms with E-state index in [4.69, 9.17) is 15.6 Å². The van der Waals surface area contributed by atoms with E-state index < -0.39 is 17.9 Å². The summed E-state index contributed by atoms with van der Waals surface area (Å²) in [5, 5.41) is 8.61. The minimum absolute atomic E-state index is 0.351. The van der Waals surface area contributed by atoms with Crippen LogP contribution in [0, 0.1) is 0 Å². The molecule has 0 fully saturated rings. The summed E-state index contributed by atoms with van der Waals surface area (Å²) in [6.45, 7) is 0.351. The largest absolute Gasteiger partial charge is 0.497 e. The first-order valence-electron chi connectivity index (χ1n) is 5.79. The summed E-state index contributed by atoms with van der Waals surface area (Å²) in [6.07, 6.45) is -0.374. The van der Waals surface area contributed by atoms with Gasteiger partial charge in [-0.1, -0.05) is 12.1 Å². The van der Waals surface area contributed by atoms with Gasteiger partial charge in [0.2, 0.25) is 5.91 Å². The van der Waals surface area contributed by atoms with Crippen LogP contribution in [0.3, 0.4) is 0 Å². The topological polar surface area (TPSA) is 92.9 Å². The lowest BCUT2D eigenvalue weighted by Gasteiger charge is -2.20. The third-order valence-corrected chi connectivity index (χ3v) is 2.64. The lowest BCUT2D eigenvalue weighted by molar-refractivity contribution is -0.141. The molecule has 0 aliphatic carbocycles. The molecule has 6 nitrogen and oxygen atoms in total. The second-order valence-corrected chi connectivity index (χ2v) is 4.25. The van der Waals surface area contributed by atoms with Crippen LogP contribution in [-0.2, 0) is 16.1 Å². The standard InChI is InChI=1S/C13H18N2O4/c1-15(13(18)11(14)7-12(16)17)8-9-4-3-5-10(6-9)19-2/h3-6,11H,7-8,14H2,1-2H3,(H,16,17). The van der Waals surface area contributed by atoms with E-state index in [9.17, 15) is 9.59 Å². The van der Waals surface area contributed by atoms with Crippen LogP contribution in [0.25, 0.3) is 0 Å². The lowest BCUT2D eigenvalue weighted by atomic mass is 10.1. The van der Waals surface area contributed by atoms with E-state index in [0.29, 0.717) is 12.3 Å². The number of amides is 1. The van der Waals surface area contributed by atoms with Crippen molar-refractivity contribution in [2.75, 3.05) is 14.2 Å². The van der Waals surface area contributed by atoms with Crippen molar-refractivity contribution in [3.8, 4) is 5.75 Å². The minimum Gasteiger partial charge on any atom is -0.497 e. The highest BCUT2D eigenvalue weighted by Gasteiger charge is 2.20. The Hall–Kier alpha value is -2.08. The molecule has 104 valence electrons. The summed E-state index contributed by atoms with van der Waals surface area (Å²) in [4.78, 5) is 23.8. The van der Waals surface area contributed by atoms with Gasteiger partial charge in [-0.05, 0) is 17.7 Å². The number of hydrogen-bond acceptors (Lipinski definition) is 4. The average Bonchev–Trinajstić information content (AvgIpc) is 2.37. The predicted octanol–water partition coefficient (Wildman–Crippen LogP) is 0.456. The number of carboxylic acids is 1. The maximum Gasteiger partial charge on any atom is 0.305 e. The summed E-state index contributed by atoms with van der Waals surface area (Å²) in [5.74, 6) is -0.783. The summed E-state index contributed by atoms with van der Waals surface area (Å²) in [5.41, 5.74) is 6.42. The Morgan fingerprint density at radius 1 is 1.47 bits per heavy atom. The van der Waals surface area contributed by atoms with Gasteiger partial charge in [-0.25, -0.2) is 0 Å². The Kier molecular flexibility index (Phi) is 5.32. The smallest absolute Gasteiger partial charge is 0.305 e. The van der Waals surface area contributed by atoms with Crippen molar-refractivity contribution in [1.82, 2.24) is 4.90 Å². The maximum absolute atomic E-state index is 11.8. The van der Waals surface area contributed by atoms with Gasteiger partial charge in [-0.15, -0.1) is 0 Å². The van der Waals surface area contributed by atoms with Gasteiger partial charge < -0.3 is 20.5 Å². The minimum atomic E-state index is -1.09. The number of nitrogens with two attached hydrogens (primary N) is 1. The van der Waals surface area contributed by atoms with Crippen LogP contribution in [0.5, 0.6) is 5.75 Å². The van der Waals surface area contributed by atoms with Crippen molar-refractivity contribution < 1.29 is 19.4 Å². The molecule has 6 heteroatoms. The Balaban J connectivity index is 2.65. The number of ether oxygens (including phenoxy) is 1. The molecule has 1 rings (SSSR count). The summed E-state index contributed by atoms with van der Waals surface area (Å²) in [7, 11) is 3.15. The van der Waals surface area contributed by atoms with Crippen LogP contribution in [0.4, 0.5) is 0 Å². The zero-order valence-electron chi connectivity index (χ0n) is 11.0. The highest BCUT2D eigenvalue weighted by Crippen LogP contribution is 2.14. The highest BCUT2D eigenvalue weighted by atomic mass is 16.5. The first-order chi connectivity index (χ1) is 8.93. The number of carbonyl (C=O) groups is 2. The molecule has 0 saturated heterocycles. The highest BCUT2D eigenvalue weighted by molar-refractivity contribution is 5.85. The molecule has 0 aliphatic rings. The van der Waals surface area contributed by atoms with Crippen LogP contribution in [0.15, 0.2) is 24.3 Å². The number of methoxy groups -OCH3 is 1. The maximum atomic E-state index is 11.8. The third kappa shape index (κ3) is 4.59. The first-order valence-corrected chi connectivity index (χ1v) is 5.79. The number of carbonyl (C=O) groups excluding carboxylic acids is 1. The normalized spacial score (nSPS) is 11.7. The van der Waals surface area contributed by atoms with Gasteiger partial charge in [-0.2, -0.15) is 0 Å². The number of nitrogens with zero attached hydrogens (tertiary/aromatic N) is 1. The number of carboxylic acid groups (broad SMARTS) is 1. The molecule has 0 saturated carbocycles. The van der Waals surface area contributed by atoms with Gasteiger partial charge in [0.05, 0.1) is 19.6 Å². The Bertz CT molecular complexity index is 462. The zero-order chi connectivity index (χ0) is 14.4. The van der Waals surface area contributed by atoms with E-state index in [1.54, 1.807) is 14.2 Å². The van der Waals surface area contributed by atoms with Crippen molar-refractivity contribution in [3.63, 3.8) is 0 Å². The Morgan fingerprint density at radius 3 is 2.74 bits per heavy atom. The number of rotatable bonds is 6. The Morgan fingerprint density at radius 2 is 2.16 bits per heavy atom. The molecular formula is C13H18N2O4. The van der Waals surface area contributed by atoms with Crippen molar-refractivity contribution in [3.05, 3.63) is 29.8 Å². The fourth-order valence-electron chi connectivity index (χ4n) is 1.68. The lowest BCUT2D eigenvalue weighted by Crippen LogP contribution is -2.42. The van der Waals surface area contributed by atoms with Gasteiger partial charge in [0, 0.05) is 13.6 Å². The van der Waals surface area contributed by atoms with Crippen molar-refractivity contribution >= 4 is 11.9 Å². The van der Waals surface area contributed by atoms with E-state index >= 15 is 0 Å². The second kappa shape index (κ2) is 6.75. The molecule has 0 aromatic heterocycles. The van der Waals surface area contributed by atoms with E-state index in [0.717, 1.165) is 5.56 Å². The average molecular weight is 266 g/mol. The van der Waals surface area contributed by atoms with E-state index in [1.807, 2.05) is 24.3 Å². The molecule has 19 heavy (non-hydrogen) atoms. The van der Waals surface area contributed by atoms with Crippen molar-refractivity contribution in [2.45, 2.75) is 19.0 Å². The molecule has 1 unspecified atom stereocenters. The number of aliphatic carboxylic acids is 1.